The van der Waals surface area contributed by atoms with Gasteiger partial charge in [-0.15, -0.1) is 0 Å². The number of aromatic nitrogens is 4. The third-order valence-electron chi connectivity index (χ3n) is 3.07. The fraction of sp³-hybridized carbons (Fsp3) is 0.214. The molecule has 0 N–H and O–H groups in total. The van der Waals surface area contributed by atoms with Crippen molar-refractivity contribution in [1.29, 1.82) is 0 Å². The number of hydrogen-bond donors (Lipinski definition) is 0. The van der Waals surface area contributed by atoms with Gasteiger partial charge in [-0.25, -0.2) is 14.6 Å². The SMILES string of the molecule is CC(C)c1c(Cl)ncnc1-n1ncc2ccccc21. The normalized spacial score (nSPS) is 11.4. The van der Waals surface area contributed by atoms with Gasteiger partial charge in [0.2, 0.25) is 0 Å². The lowest BCUT2D eigenvalue weighted by Crippen LogP contribution is -2.07. The Morgan fingerprint density at radius 2 is 1.95 bits per heavy atom. The molecule has 3 rings (SSSR count). The van der Waals surface area contributed by atoms with E-state index >= 15 is 0 Å². The van der Waals surface area contributed by atoms with Crippen molar-refractivity contribution in [2.45, 2.75) is 19.8 Å². The number of benzene rings is 1. The second kappa shape index (κ2) is 4.63. The number of para-hydroxylation sites is 1. The summed E-state index contributed by atoms with van der Waals surface area (Å²) in [6.07, 6.45) is 3.30. The lowest BCUT2D eigenvalue weighted by Gasteiger charge is -2.13. The topological polar surface area (TPSA) is 43.6 Å². The van der Waals surface area contributed by atoms with E-state index in [2.05, 4.69) is 28.9 Å². The lowest BCUT2D eigenvalue weighted by atomic mass is 10.1. The quantitative estimate of drug-likeness (QED) is 0.670. The summed E-state index contributed by atoms with van der Waals surface area (Å²) in [4.78, 5) is 8.42. The van der Waals surface area contributed by atoms with Gasteiger partial charge in [0.1, 0.15) is 11.5 Å². The van der Waals surface area contributed by atoms with Crippen molar-refractivity contribution in [3.8, 4) is 5.82 Å². The third-order valence-corrected chi connectivity index (χ3v) is 3.37. The standard InChI is InChI=1S/C14H13ClN4/c1-9(2)12-13(15)16-8-17-14(12)19-11-6-4-3-5-10(11)7-18-19/h3-9H,1-2H3. The largest absolute Gasteiger partial charge is 0.224 e. The highest BCUT2D eigenvalue weighted by Gasteiger charge is 2.17. The summed E-state index contributed by atoms with van der Waals surface area (Å²) < 4.78 is 1.82. The van der Waals surface area contributed by atoms with Crippen LogP contribution >= 0.6 is 11.6 Å². The van der Waals surface area contributed by atoms with Crippen molar-refractivity contribution in [2.75, 3.05) is 0 Å². The van der Waals surface area contributed by atoms with E-state index in [9.17, 15) is 0 Å². The van der Waals surface area contributed by atoms with Crippen LogP contribution in [0.2, 0.25) is 5.15 Å². The van der Waals surface area contributed by atoms with Crippen molar-refractivity contribution < 1.29 is 0 Å². The van der Waals surface area contributed by atoms with Gasteiger partial charge >= 0.3 is 0 Å². The molecule has 2 heterocycles. The van der Waals surface area contributed by atoms with E-state index in [0.29, 0.717) is 5.15 Å². The van der Waals surface area contributed by atoms with Gasteiger partial charge in [-0.05, 0) is 12.0 Å². The van der Waals surface area contributed by atoms with Crippen LogP contribution in [0.4, 0.5) is 0 Å². The van der Waals surface area contributed by atoms with Crippen molar-refractivity contribution in [3.63, 3.8) is 0 Å². The summed E-state index contributed by atoms with van der Waals surface area (Å²) in [6.45, 7) is 4.14. The molecule has 2 aromatic heterocycles. The maximum Gasteiger partial charge on any atom is 0.162 e. The second-order valence-electron chi connectivity index (χ2n) is 4.67. The number of fused-ring (bicyclic) bond motifs is 1. The van der Waals surface area contributed by atoms with Crippen molar-refractivity contribution in [3.05, 3.63) is 47.5 Å². The Labute approximate surface area is 116 Å². The van der Waals surface area contributed by atoms with Crippen LogP contribution in [-0.4, -0.2) is 19.7 Å². The molecule has 0 saturated carbocycles. The first-order valence-electron chi connectivity index (χ1n) is 6.12. The first-order chi connectivity index (χ1) is 9.18. The molecule has 4 nitrogen and oxygen atoms in total. The monoisotopic (exact) mass is 272 g/mol. The predicted molar refractivity (Wildman–Crippen MR) is 75.8 cm³/mol. The number of halogens is 1. The maximum absolute atomic E-state index is 6.20. The van der Waals surface area contributed by atoms with Gasteiger partial charge in [0, 0.05) is 10.9 Å². The van der Waals surface area contributed by atoms with Gasteiger partial charge in [-0.1, -0.05) is 43.6 Å². The minimum absolute atomic E-state index is 0.228. The molecule has 0 radical (unpaired) electrons. The molecule has 19 heavy (non-hydrogen) atoms. The fourth-order valence-electron chi connectivity index (χ4n) is 2.17. The summed E-state index contributed by atoms with van der Waals surface area (Å²) in [7, 11) is 0. The van der Waals surface area contributed by atoms with Crippen molar-refractivity contribution >= 4 is 22.5 Å². The molecule has 96 valence electrons. The van der Waals surface area contributed by atoms with E-state index in [1.807, 2.05) is 35.1 Å². The molecule has 3 aromatic rings. The Balaban J connectivity index is 2.30. The molecule has 0 unspecified atom stereocenters. The average molecular weight is 273 g/mol. The third kappa shape index (κ3) is 1.98. The van der Waals surface area contributed by atoms with Gasteiger partial charge in [-0.3, -0.25) is 0 Å². The predicted octanol–water partition coefficient (Wildman–Crippen LogP) is 3.59. The molecule has 0 fully saturated rings. The average Bonchev–Trinajstić information content (AvgIpc) is 2.81. The summed E-state index contributed by atoms with van der Waals surface area (Å²) in [6, 6.07) is 8.02. The fourth-order valence-corrected chi connectivity index (χ4v) is 2.52. The van der Waals surface area contributed by atoms with E-state index in [1.54, 1.807) is 0 Å². The highest BCUT2D eigenvalue weighted by Crippen LogP contribution is 2.28. The molecule has 0 aliphatic carbocycles. The highest BCUT2D eigenvalue weighted by atomic mass is 35.5. The van der Waals surface area contributed by atoms with E-state index in [1.165, 1.54) is 6.33 Å². The Morgan fingerprint density at radius 1 is 1.16 bits per heavy atom. The molecule has 0 spiro atoms. The number of rotatable bonds is 2. The molecule has 0 amide bonds. The van der Waals surface area contributed by atoms with Gasteiger partial charge < -0.3 is 0 Å². The summed E-state index contributed by atoms with van der Waals surface area (Å²) in [5.41, 5.74) is 1.93. The summed E-state index contributed by atoms with van der Waals surface area (Å²) in [5.74, 6) is 0.975. The molecule has 0 atom stereocenters. The van der Waals surface area contributed by atoms with Crippen LogP contribution in [0.1, 0.15) is 25.3 Å². The molecule has 0 bridgehead atoms. The van der Waals surface area contributed by atoms with Crippen LogP contribution in [0.3, 0.4) is 0 Å². The van der Waals surface area contributed by atoms with Gasteiger partial charge in [0.15, 0.2) is 5.82 Å². The van der Waals surface area contributed by atoms with E-state index in [4.69, 9.17) is 11.6 Å². The van der Waals surface area contributed by atoms with Crippen molar-refractivity contribution in [2.24, 2.45) is 0 Å². The Kier molecular flexibility index (Phi) is 2.95. The summed E-state index contributed by atoms with van der Waals surface area (Å²) in [5, 5.41) is 5.98. The smallest absolute Gasteiger partial charge is 0.162 e. The summed E-state index contributed by atoms with van der Waals surface area (Å²) >= 11 is 6.20. The van der Waals surface area contributed by atoms with Crippen LogP contribution in [0.5, 0.6) is 0 Å². The van der Waals surface area contributed by atoms with Gasteiger partial charge in [0.05, 0.1) is 11.7 Å². The van der Waals surface area contributed by atoms with E-state index < -0.39 is 0 Å². The highest BCUT2D eigenvalue weighted by molar-refractivity contribution is 6.30. The van der Waals surface area contributed by atoms with Gasteiger partial charge in [-0.2, -0.15) is 5.10 Å². The van der Waals surface area contributed by atoms with Crippen LogP contribution < -0.4 is 0 Å². The molecular formula is C14H13ClN4. The Morgan fingerprint density at radius 3 is 2.74 bits per heavy atom. The van der Waals surface area contributed by atoms with Crippen LogP contribution in [-0.2, 0) is 0 Å². The van der Waals surface area contributed by atoms with Crippen molar-refractivity contribution in [1.82, 2.24) is 19.7 Å². The number of nitrogens with zero attached hydrogens (tertiary/aromatic N) is 4. The lowest BCUT2D eigenvalue weighted by molar-refractivity contribution is 0.785. The first-order valence-corrected chi connectivity index (χ1v) is 6.50. The zero-order chi connectivity index (χ0) is 13.4. The van der Waals surface area contributed by atoms with Crippen LogP contribution in [0, 0.1) is 0 Å². The van der Waals surface area contributed by atoms with Crippen LogP contribution in [0.15, 0.2) is 36.8 Å². The number of hydrogen-bond acceptors (Lipinski definition) is 3. The van der Waals surface area contributed by atoms with E-state index in [-0.39, 0.29) is 5.92 Å². The van der Waals surface area contributed by atoms with E-state index in [0.717, 1.165) is 22.3 Å². The molecule has 0 aliphatic heterocycles. The van der Waals surface area contributed by atoms with Crippen LogP contribution in [0.25, 0.3) is 16.7 Å². The molecule has 1 aromatic carbocycles. The Bertz CT molecular complexity index is 733. The molecule has 0 saturated heterocycles. The zero-order valence-corrected chi connectivity index (χ0v) is 11.5. The molecular weight excluding hydrogens is 260 g/mol. The first kappa shape index (κ1) is 12.1. The minimum atomic E-state index is 0.228. The molecule has 0 aliphatic rings. The van der Waals surface area contributed by atoms with Gasteiger partial charge in [0.25, 0.3) is 0 Å². The Hall–Kier alpha value is -1.94. The molecule has 5 heteroatoms. The second-order valence-corrected chi connectivity index (χ2v) is 5.03. The maximum atomic E-state index is 6.20. The zero-order valence-electron chi connectivity index (χ0n) is 10.7. The minimum Gasteiger partial charge on any atom is -0.224 e.